The van der Waals surface area contributed by atoms with Gasteiger partial charge in [-0.15, -0.1) is 11.8 Å². The van der Waals surface area contributed by atoms with E-state index in [1.54, 1.807) is 6.92 Å². The van der Waals surface area contributed by atoms with E-state index in [1.807, 2.05) is 6.92 Å². The number of carbonyl (C=O) groups is 1. The van der Waals surface area contributed by atoms with Crippen LogP contribution in [-0.4, -0.2) is 28.6 Å². The first-order chi connectivity index (χ1) is 6.13. The third kappa shape index (κ3) is 4.72. The molecule has 0 saturated heterocycles. The number of thioether (sulfide) groups is 1. The second kappa shape index (κ2) is 6.71. The molecule has 0 aromatic rings. The van der Waals surface area contributed by atoms with E-state index in [4.69, 9.17) is 5.41 Å². The van der Waals surface area contributed by atoms with Gasteiger partial charge in [-0.3, -0.25) is 0 Å². The molecule has 0 bridgehead atoms. The van der Waals surface area contributed by atoms with E-state index >= 15 is 0 Å². The molecule has 13 heavy (non-hydrogen) atoms. The minimum Gasteiger partial charge on any atom is -0.512 e. The highest BCUT2D eigenvalue weighted by Gasteiger charge is 2.06. The fourth-order valence-corrected chi connectivity index (χ4v) is 1.63. The van der Waals surface area contributed by atoms with Crippen LogP contribution in [-0.2, 0) is 4.79 Å². The van der Waals surface area contributed by atoms with Crippen molar-refractivity contribution in [3.63, 3.8) is 0 Å². The van der Waals surface area contributed by atoms with E-state index in [9.17, 15) is 9.90 Å². The number of hydrogen-bond acceptors (Lipinski definition) is 4. The third-order valence-corrected chi connectivity index (χ3v) is 2.43. The van der Waals surface area contributed by atoms with Crippen LogP contribution in [0, 0.1) is 5.41 Å². The van der Waals surface area contributed by atoms with Gasteiger partial charge in [0, 0.05) is 29.2 Å². The molecule has 0 aliphatic carbocycles. The Morgan fingerprint density at radius 3 is 2.62 bits per heavy atom. The van der Waals surface area contributed by atoms with Crippen molar-refractivity contribution in [2.24, 2.45) is 0 Å². The van der Waals surface area contributed by atoms with Gasteiger partial charge < -0.3 is 15.3 Å². The van der Waals surface area contributed by atoms with Gasteiger partial charge in [0.1, 0.15) is 6.29 Å². The minimum absolute atomic E-state index is 0.255. The molecular formula is C9H15NO2S. The maximum atomic E-state index is 10.0. The SMILES string of the molecule is CC/C(O)=C(\CSCC=O)C(C)=N. The van der Waals surface area contributed by atoms with E-state index in [2.05, 4.69) is 0 Å². The molecule has 0 amide bonds. The molecule has 0 aromatic carbocycles. The first-order valence-electron chi connectivity index (χ1n) is 4.11. The number of rotatable bonds is 6. The van der Waals surface area contributed by atoms with Crippen molar-refractivity contribution in [1.29, 1.82) is 5.41 Å². The highest BCUT2D eigenvalue weighted by Crippen LogP contribution is 2.13. The Labute approximate surface area is 82.7 Å². The van der Waals surface area contributed by atoms with Crippen LogP contribution < -0.4 is 0 Å². The number of carbonyl (C=O) groups excluding carboxylic acids is 1. The lowest BCUT2D eigenvalue weighted by Crippen LogP contribution is -2.04. The van der Waals surface area contributed by atoms with Gasteiger partial charge in [0.05, 0.1) is 5.76 Å². The van der Waals surface area contributed by atoms with Gasteiger partial charge in [-0.25, -0.2) is 0 Å². The average Bonchev–Trinajstić information content (AvgIpc) is 2.11. The highest BCUT2D eigenvalue weighted by atomic mass is 32.2. The lowest BCUT2D eigenvalue weighted by Gasteiger charge is -2.06. The molecule has 0 heterocycles. The molecule has 0 aliphatic heterocycles. The van der Waals surface area contributed by atoms with Gasteiger partial charge in [-0.1, -0.05) is 6.92 Å². The summed E-state index contributed by atoms with van der Waals surface area (Å²) in [6.07, 6.45) is 1.36. The zero-order chi connectivity index (χ0) is 10.3. The van der Waals surface area contributed by atoms with Crippen molar-refractivity contribution in [3.05, 3.63) is 11.3 Å². The largest absolute Gasteiger partial charge is 0.512 e. The summed E-state index contributed by atoms with van der Waals surface area (Å²) in [4.78, 5) is 10.0. The van der Waals surface area contributed by atoms with Crippen molar-refractivity contribution >= 4 is 23.8 Å². The molecule has 0 aromatic heterocycles. The maximum absolute atomic E-state index is 10.0. The van der Waals surface area contributed by atoms with Gasteiger partial charge in [-0.2, -0.15) is 0 Å². The monoisotopic (exact) mass is 201 g/mol. The smallest absolute Gasteiger partial charge is 0.129 e. The van der Waals surface area contributed by atoms with Gasteiger partial charge >= 0.3 is 0 Å². The molecule has 2 N–H and O–H groups in total. The molecule has 0 saturated carbocycles. The number of allylic oxidation sites excluding steroid dienone is 1. The summed E-state index contributed by atoms with van der Waals surface area (Å²) in [5, 5.41) is 16.8. The highest BCUT2D eigenvalue weighted by molar-refractivity contribution is 8.00. The zero-order valence-corrected chi connectivity index (χ0v) is 8.78. The minimum atomic E-state index is 0.255. The molecule has 3 nitrogen and oxygen atoms in total. The van der Waals surface area contributed by atoms with Crippen LogP contribution in [0.2, 0.25) is 0 Å². The van der Waals surface area contributed by atoms with Crippen molar-refractivity contribution in [2.75, 3.05) is 11.5 Å². The van der Waals surface area contributed by atoms with Crippen molar-refractivity contribution in [2.45, 2.75) is 20.3 Å². The Bertz CT molecular complexity index is 224. The average molecular weight is 201 g/mol. The molecule has 0 unspecified atom stereocenters. The Balaban J connectivity index is 4.27. The van der Waals surface area contributed by atoms with Crippen LogP contribution in [0.4, 0.5) is 0 Å². The van der Waals surface area contributed by atoms with E-state index in [0.717, 1.165) is 6.29 Å². The predicted octanol–water partition coefficient (Wildman–Crippen LogP) is 2.18. The zero-order valence-electron chi connectivity index (χ0n) is 7.96. The topological polar surface area (TPSA) is 61.1 Å². The van der Waals surface area contributed by atoms with E-state index in [-0.39, 0.29) is 5.76 Å². The molecule has 4 heteroatoms. The van der Waals surface area contributed by atoms with Gasteiger partial charge in [0.25, 0.3) is 0 Å². The van der Waals surface area contributed by atoms with Crippen LogP contribution in [0.15, 0.2) is 11.3 Å². The van der Waals surface area contributed by atoms with Crippen LogP contribution in [0.3, 0.4) is 0 Å². The van der Waals surface area contributed by atoms with E-state index in [0.29, 0.717) is 29.2 Å². The number of hydrogen-bond donors (Lipinski definition) is 2. The van der Waals surface area contributed by atoms with Crippen molar-refractivity contribution in [1.82, 2.24) is 0 Å². The normalized spacial score (nSPS) is 12.2. The summed E-state index contributed by atoms with van der Waals surface area (Å²) in [5.74, 6) is 1.20. The Morgan fingerprint density at radius 2 is 2.23 bits per heavy atom. The summed E-state index contributed by atoms with van der Waals surface area (Å²) in [6.45, 7) is 3.48. The summed E-state index contributed by atoms with van der Waals surface area (Å²) in [7, 11) is 0. The quantitative estimate of drug-likeness (QED) is 0.300. The van der Waals surface area contributed by atoms with Gasteiger partial charge in [0.15, 0.2) is 0 Å². The van der Waals surface area contributed by atoms with Crippen LogP contribution in [0.5, 0.6) is 0 Å². The van der Waals surface area contributed by atoms with Crippen molar-refractivity contribution < 1.29 is 9.90 Å². The molecule has 0 atom stereocenters. The lowest BCUT2D eigenvalue weighted by atomic mass is 10.1. The molecule has 0 rings (SSSR count). The van der Waals surface area contributed by atoms with E-state index < -0.39 is 0 Å². The standard InChI is InChI=1S/C9H15NO2S/c1-3-9(12)8(7(2)10)6-13-5-4-11/h4,10,12H,3,5-6H2,1-2H3/b9-8-,10-7?. The van der Waals surface area contributed by atoms with Crippen LogP contribution in [0.25, 0.3) is 0 Å². The summed E-state index contributed by atoms with van der Waals surface area (Å²) in [5.41, 5.74) is 1.02. The second-order valence-electron chi connectivity index (χ2n) is 2.59. The molecular weight excluding hydrogens is 186 g/mol. The Morgan fingerprint density at radius 1 is 1.62 bits per heavy atom. The third-order valence-electron chi connectivity index (χ3n) is 1.57. The second-order valence-corrected chi connectivity index (χ2v) is 3.62. The first kappa shape index (κ1) is 12.2. The lowest BCUT2D eigenvalue weighted by molar-refractivity contribution is -0.105. The molecule has 0 fully saturated rings. The fraction of sp³-hybridized carbons (Fsp3) is 0.556. The number of nitrogens with one attached hydrogen (secondary N) is 1. The Hall–Kier alpha value is -0.770. The number of aldehydes is 1. The maximum Gasteiger partial charge on any atom is 0.129 e. The summed E-state index contributed by atoms with van der Waals surface area (Å²) < 4.78 is 0. The molecule has 74 valence electrons. The molecule has 0 aliphatic rings. The summed E-state index contributed by atoms with van der Waals surface area (Å²) >= 11 is 1.41. The fourth-order valence-electron chi connectivity index (χ4n) is 0.830. The number of aliphatic hydroxyl groups is 1. The van der Waals surface area contributed by atoms with Crippen LogP contribution in [0.1, 0.15) is 20.3 Å². The van der Waals surface area contributed by atoms with E-state index in [1.165, 1.54) is 11.8 Å². The number of aliphatic hydroxyl groups excluding tert-OH is 1. The Kier molecular flexibility index (Phi) is 6.32. The van der Waals surface area contributed by atoms with Crippen LogP contribution >= 0.6 is 11.8 Å². The van der Waals surface area contributed by atoms with Crippen molar-refractivity contribution in [3.8, 4) is 0 Å². The molecule has 0 spiro atoms. The predicted molar refractivity (Wildman–Crippen MR) is 56.7 cm³/mol. The van der Waals surface area contributed by atoms with Gasteiger partial charge in [-0.05, 0) is 6.92 Å². The van der Waals surface area contributed by atoms with Gasteiger partial charge in [0.2, 0.25) is 0 Å². The first-order valence-corrected chi connectivity index (χ1v) is 5.26. The molecule has 0 radical (unpaired) electrons. The summed E-state index contributed by atoms with van der Waals surface area (Å²) in [6, 6.07) is 0.